The zero-order valence-electron chi connectivity index (χ0n) is 18.3. The Morgan fingerprint density at radius 3 is 2.70 bits per heavy atom. The molecule has 0 saturated heterocycles. The number of anilines is 2. The molecule has 3 heterocycles. The van der Waals surface area contributed by atoms with E-state index in [2.05, 4.69) is 55.6 Å². The van der Waals surface area contributed by atoms with Gasteiger partial charge in [-0.05, 0) is 91.2 Å². The van der Waals surface area contributed by atoms with Crippen LogP contribution in [0.15, 0.2) is 36.5 Å². The van der Waals surface area contributed by atoms with E-state index in [4.69, 9.17) is 5.73 Å². The first kappa shape index (κ1) is 18.1. The van der Waals surface area contributed by atoms with Gasteiger partial charge < -0.3 is 10.6 Å². The summed E-state index contributed by atoms with van der Waals surface area (Å²) >= 11 is 0. The summed E-state index contributed by atoms with van der Waals surface area (Å²) in [7, 11) is 0. The molecule has 2 bridgehead atoms. The van der Waals surface area contributed by atoms with Gasteiger partial charge >= 0.3 is 0 Å². The number of rotatable bonds is 2. The summed E-state index contributed by atoms with van der Waals surface area (Å²) in [4.78, 5) is 16.1. The molecule has 3 saturated carbocycles. The largest absolute Gasteiger partial charge is 0.382 e. The number of amides is 1. The quantitative estimate of drug-likeness (QED) is 0.424. The second-order valence-corrected chi connectivity index (χ2v) is 10.6. The molecule has 1 aliphatic heterocycles. The van der Waals surface area contributed by atoms with Crippen molar-refractivity contribution in [2.75, 3.05) is 10.6 Å². The highest BCUT2D eigenvalue weighted by atomic mass is 16.2. The number of nitrogens with two attached hydrogens (primary N) is 1. The maximum atomic E-state index is 13.9. The number of benzene rings is 2. The van der Waals surface area contributed by atoms with Crippen LogP contribution in [-0.2, 0) is 4.79 Å². The summed E-state index contributed by atoms with van der Waals surface area (Å²) < 4.78 is 0. The minimum atomic E-state index is 0.0361. The van der Waals surface area contributed by atoms with Crippen LogP contribution in [0.4, 0.5) is 11.5 Å². The van der Waals surface area contributed by atoms with Gasteiger partial charge in [0.25, 0.3) is 0 Å². The monoisotopic (exact) mass is 438 g/mol. The molecule has 5 atom stereocenters. The molecular formula is C26H26N6O. The van der Waals surface area contributed by atoms with Crippen LogP contribution < -0.4 is 10.6 Å². The Morgan fingerprint density at radius 2 is 1.82 bits per heavy atom. The lowest BCUT2D eigenvalue weighted by atomic mass is 9.66. The molecular weight excluding hydrogens is 412 g/mol. The number of hydrogen-bond donors (Lipinski definition) is 3. The van der Waals surface area contributed by atoms with Crippen molar-refractivity contribution in [1.29, 1.82) is 0 Å². The molecule has 166 valence electrons. The van der Waals surface area contributed by atoms with E-state index in [9.17, 15) is 4.79 Å². The number of nitrogens with one attached hydrogen (secondary N) is 2. The summed E-state index contributed by atoms with van der Waals surface area (Å²) in [6.07, 6.45) is 7.78. The minimum Gasteiger partial charge on any atom is -0.382 e. The van der Waals surface area contributed by atoms with Gasteiger partial charge in [-0.3, -0.25) is 15.0 Å². The molecule has 4 aliphatic rings. The molecule has 2 aromatic heterocycles. The summed E-state index contributed by atoms with van der Waals surface area (Å²) in [6, 6.07) is 10.7. The fourth-order valence-electron chi connectivity index (χ4n) is 7.52. The zero-order chi connectivity index (χ0) is 21.8. The van der Waals surface area contributed by atoms with E-state index in [0.717, 1.165) is 34.9 Å². The maximum absolute atomic E-state index is 13.9. The van der Waals surface area contributed by atoms with Crippen molar-refractivity contribution in [3.63, 3.8) is 0 Å². The fourth-order valence-corrected chi connectivity index (χ4v) is 7.52. The highest BCUT2D eigenvalue weighted by Crippen LogP contribution is 2.66. The molecule has 8 rings (SSSR count). The van der Waals surface area contributed by atoms with Crippen LogP contribution in [0.5, 0.6) is 0 Å². The second kappa shape index (κ2) is 6.16. The number of nitrogens with zero attached hydrogens (tertiary/aromatic N) is 3. The zero-order valence-corrected chi connectivity index (χ0v) is 18.3. The molecule has 7 heteroatoms. The maximum Gasteiger partial charge on any atom is 0.230 e. The van der Waals surface area contributed by atoms with Crippen LogP contribution in [0.2, 0.25) is 0 Å². The van der Waals surface area contributed by atoms with E-state index in [1.165, 1.54) is 35.8 Å². The fraction of sp³-hybridized carbons (Fsp3) is 0.423. The molecule has 3 fully saturated rings. The van der Waals surface area contributed by atoms with Crippen LogP contribution in [0.25, 0.3) is 21.8 Å². The van der Waals surface area contributed by atoms with Gasteiger partial charge in [-0.15, -0.1) is 0 Å². The van der Waals surface area contributed by atoms with Crippen molar-refractivity contribution in [3.05, 3.63) is 47.7 Å². The predicted molar refractivity (Wildman–Crippen MR) is 127 cm³/mol. The Balaban J connectivity index is 1.41. The predicted octanol–water partition coefficient (Wildman–Crippen LogP) is 4.65. The summed E-state index contributed by atoms with van der Waals surface area (Å²) in [5, 5.41) is 16.9. The molecule has 2 aromatic carbocycles. The third kappa shape index (κ3) is 2.32. The number of aromatic amines is 2. The molecule has 0 spiro atoms. The van der Waals surface area contributed by atoms with E-state index in [1.54, 1.807) is 0 Å². The Bertz CT molecular complexity index is 1450. The molecule has 7 nitrogen and oxygen atoms in total. The van der Waals surface area contributed by atoms with Crippen LogP contribution >= 0.6 is 0 Å². The molecule has 3 aliphatic carbocycles. The first-order valence-corrected chi connectivity index (χ1v) is 12.2. The molecule has 4 aromatic rings. The van der Waals surface area contributed by atoms with Crippen molar-refractivity contribution >= 4 is 39.2 Å². The SMILES string of the molecule is Nc1n[nH]c2ccc([C@H]3[C@@H]4C5CC[C@H](C5)[C@@H]4c4c(ccc5[nH]ncc45)N3C(=O)C3CC3)cc12. The third-order valence-electron chi connectivity index (χ3n) is 8.98. The molecule has 1 amide bonds. The van der Waals surface area contributed by atoms with Crippen LogP contribution in [0, 0.1) is 23.7 Å². The van der Waals surface area contributed by atoms with E-state index >= 15 is 0 Å². The van der Waals surface area contributed by atoms with Gasteiger partial charge in [0.05, 0.1) is 23.3 Å². The second-order valence-electron chi connectivity index (χ2n) is 10.6. The lowest BCUT2D eigenvalue weighted by Crippen LogP contribution is -2.47. The Hall–Kier alpha value is -3.35. The third-order valence-corrected chi connectivity index (χ3v) is 8.98. The van der Waals surface area contributed by atoms with Crippen molar-refractivity contribution in [3.8, 4) is 0 Å². The molecule has 0 radical (unpaired) electrons. The number of aromatic nitrogens is 4. The molecule has 4 N–H and O–H groups in total. The molecule has 33 heavy (non-hydrogen) atoms. The van der Waals surface area contributed by atoms with Gasteiger partial charge in [-0.2, -0.15) is 10.2 Å². The number of H-pyrrole nitrogens is 2. The topological polar surface area (TPSA) is 104 Å². The highest BCUT2D eigenvalue weighted by molar-refractivity contribution is 6.02. The van der Waals surface area contributed by atoms with Crippen molar-refractivity contribution in [2.24, 2.45) is 23.7 Å². The van der Waals surface area contributed by atoms with Gasteiger partial charge in [0.15, 0.2) is 5.82 Å². The van der Waals surface area contributed by atoms with E-state index in [1.807, 2.05) is 6.20 Å². The average Bonchev–Trinajstić information content (AvgIpc) is 3.18. The standard InChI is InChI=1S/C26H26N6O/c27-25-16-10-15(5-6-18(16)30-31-25)24-22-14-4-3-13(9-14)21(22)23-17-11-28-29-19(17)7-8-20(23)32(24)26(33)12-1-2-12/h5-8,10-14,21-22,24H,1-4,9H2,(H,28,29)(H3,27,30,31)/t13-,14?,21+,22-,24+/m1/s1. The Kier molecular flexibility index (Phi) is 3.38. The van der Waals surface area contributed by atoms with Crippen molar-refractivity contribution in [1.82, 2.24) is 20.4 Å². The highest BCUT2D eigenvalue weighted by Gasteiger charge is 2.58. The molecule has 1 unspecified atom stereocenters. The van der Waals surface area contributed by atoms with Crippen molar-refractivity contribution in [2.45, 2.75) is 44.1 Å². The Morgan fingerprint density at radius 1 is 1.00 bits per heavy atom. The number of nitrogen functional groups attached to an aromatic ring is 1. The number of carbonyl (C=O) groups is 1. The normalized spacial score (nSPS) is 30.2. The summed E-state index contributed by atoms with van der Waals surface area (Å²) in [6.45, 7) is 0. The van der Waals surface area contributed by atoms with Gasteiger partial charge in [-0.25, -0.2) is 0 Å². The summed E-state index contributed by atoms with van der Waals surface area (Å²) in [5.74, 6) is 3.17. The lowest BCUT2D eigenvalue weighted by molar-refractivity contribution is -0.120. The average molecular weight is 439 g/mol. The van der Waals surface area contributed by atoms with Crippen LogP contribution in [-0.4, -0.2) is 26.3 Å². The first-order chi connectivity index (χ1) is 16.2. The van der Waals surface area contributed by atoms with Gasteiger partial charge in [0, 0.05) is 22.4 Å². The number of fused-ring (bicyclic) bond motifs is 10. The number of hydrogen-bond acceptors (Lipinski definition) is 4. The number of carbonyl (C=O) groups excluding carboxylic acids is 1. The van der Waals surface area contributed by atoms with Gasteiger partial charge in [-0.1, -0.05) is 6.07 Å². The van der Waals surface area contributed by atoms with Crippen LogP contribution in [0.1, 0.15) is 55.2 Å². The van der Waals surface area contributed by atoms with E-state index in [0.29, 0.717) is 29.5 Å². The van der Waals surface area contributed by atoms with Crippen LogP contribution in [0.3, 0.4) is 0 Å². The minimum absolute atomic E-state index is 0.0361. The summed E-state index contributed by atoms with van der Waals surface area (Å²) in [5.41, 5.74) is 11.8. The Labute approximate surface area is 190 Å². The van der Waals surface area contributed by atoms with Gasteiger partial charge in [0.2, 0.25) is 5.91 Å². The first-order valence-electron chi connectivity index (χ1n) is 12.2. The van der Waals surface area contributed by atoms with E-state index in [-0.39, 0.29) is 17.9 Å². The van der Waals surface area contributed by atoms with E-state index < -0.39 is 0 Å². The van der Waals surface area contributed by atoms with Crippen molar-refractivity contribution < 1.29 is 4.79 Å². The lowest BCUT2D eigenvalue weighted by Gasteiger charge is -2.49. The smallest absolute Gasteiger partial charge is 0.230 e. The van der Waals surface area contributed by atoms with Gasteiger partial charge in [0.1, 0.15) is 0 Å².